The molecule has 1 N–H and O–H groups in total. The van der Waals surface area contributed by atoms with E-state index >= 15 is 0 Å². The fourth-order valence-electron chi connectivity index (χ4n) is 5.62. The van der Waals surface area contributed by atoms with Crippen LogP contribution in [0.15, 0.2) is 65.8 Å². The van der Waals surface area contributed by atoms with E-state index in [0.29, 0.717) is 62.7 Å². The van der Waals surface area contributed by atoms with Gasteiger partial charge in [-0.1, -0.05) is 47.8 Å². The lowest BCUT2D eigenvalue weighted by atomic mass is 9.87. The molecule has 1 aliphatic heterocycles. The number of amides is 1. The zero-order chi connectivity index (χ0) is 31.1. The molecule has 1 aromatic carbocycles. The van der Waals surface area contributed by atoms with Gasteiger partial charge in [-0.2, -0.15) is 13.9 Å². The summed E-state index contributed by atoms with van der Waals surface area (Å²) in [6.45, 7) is -1.15. The third kappa shape index (κ3) is 5.50. The van der Waals surface area contributed by atoms with E-state index in [9.17, 15) is 18.4 Å². The fourth-order valence-corrected chi connectivity index (χ4v) is 5.92. The summed E-state index contributed by atoms with van der Waals surface area (Å²) in [4.78, 5) is 31.6. The average Bonchev–Trinajstić information content (AvgIpc) is 3.63. The summed E-state index contributed by atoms with van der Waals surface area (Å²) in [6.07, 6.45) is 5.93. The number of fused-ring (bicyclic) bond motifs is 4. The van der Waals surface area contributed by atoms with E-state index in [1.807, 2.05) is 6.07 Å². The van der Waals surface area contributed by atoms with Crippen molar-refractivity contribution >= 4 is 34.8 Å². The molecule has 0 fully saturated rings. The van der Waals surface area contributed by atoms with Crippen molar-refractivity contribution in [3.05, 3.63) is 92.8 Å². The molecule has 1 amide bonds. The predicted molar refractivity (Wildman–Crippen MR) is 162 cm³/mol. The van der Waals surface area contributed by atoms with Crippen LogP contribution in [0.25, 0.3) is 28.2 Å². The number of carbonyl (C=O) groups excluding carboxylic acids is 1. The highest BCUT2D eigenvalue weighted by molar-refractivity contribution is 6.31. The van der Waals surface area contributed by atoms with Crippen molar-refractivity contribution in [2.24, 2.45) is 13.0 Å². The molecule has 14 heteroatoms. The van der Waals surface area contributed by atoms with Gasteiger partial charge in [-0.3, -0.25) is 14.6 Å². The van der Waals surface area contributed by atoms with Gasteiger partial charge in [0.05, 0.1) is 35.2 Å². The van der Waals surface area contributed by atoms with Crippen LogP contribution in [0.1, 0.15) is 49.9 Å². The molecular formula is C30H26Cl2F2N8O2. The molecule has 0 unspecified atom stereocenters. The van der Waals surface area contributed by atoms with Crippen LogP contribution in [0.2, 0.25) is 10.2 Å². The summed E-state index contributed by atoms with van der Waals surface area (Å²) in [5.74, 6) is -1.17. The Morgan fingerprint density at radius 3 is 2.64 bits per heavy atom. The minimum absolute atomic E-state index is 0.0634. The smallest absolute Gasteiger partial charge is 0.323 e. The number of benzene rings is 1. The van der Waals surface area contributed by atoms with E-state index in [0.717, 1.165) is 0 Å². The molecule has 0 spiro atoms. The highest BCUT2D eigenvalue weighted by Gasteiger charge is 2.27. The third-order valence-corrected chi connectivity index (χ3v) is 8.29. The van der Waals surface area contributed by atoms with E-state index in [1.165, 1.54) is 21.6 Å². The predicted octanol–water partition coefficient (Wildman–Crippen LogP) is 6.48. The first-order chi connectivity index (χ1) is 21.1. The van der Waals surface area contributed by atoms with E-state index in [-0.39, 0.29) is 28.0 Å². The van der Waals surface area contributed by atoms with Crippen LogP contribution >= 0.6 is 23.2 Å². The Morgan fingerprint density at radius 1 is 1.07 bits per heavy atom. The van der Waals surface area contributed by atoms with Gasteiger partial charge < -0.3 is 9.88 Å². The SMILES string of the molecule is C[C@H]1CCC[C@@H](c2ccc(-c3cc(Cl)ccc3-n3cc(Cl)nn3)n(C)c2=O)c2cc(ccn2)-c2c(cnn2C(F)F)NC1=O. The number of halogens is 4. The molecule has 6 rings (SSSR count). The molecule has 0 aliphatic carbocycles. The maximum Gasteiger partial charge on any atom is 0.333 e. The molecule has 226 valence electrons. The highest BCUT2D eigenvalue weighted by Crippen LogP contribution is 2.37. The lowest BCUT2D eigenvalue weighted by molar-refractivity contribution is -0.119. The van der Waals surface area contributed by atoms with Crippen LogP contribution < -0.4 is 10.9 Å². The molecule has 0 saturated carbocycles. The molecule has 0 saturated heterocycles. The molecular weight excluding hydrogens is 613 g/mol. The Balaban J connectivity index is 1.48. The minimum atomic E-state index is -2.93. The Kier molecular flexibility index (Phi) is 8.04. The maximum atomic E-state index is 14.1. The molecule has 5 heterocycles. The second-order valence-electron chi connectivity index (χ2n) is 10.7. The summed E-state index contributed by atoms with van der Waals surface area (Å²) in [5, 5.41) is 15.2. The van der Waals surface area contributed by atoms with Crippen molar-refractivity contribution in [2.45, 2.75) is 38.7 Å². The number of rotatable bonds is 4. The number of alkyl halides is 2. The van der Waals surface area contributed by atoms with Crippen molar-refractivity contribution in [2.75, 3.05) is 5.32 Å². The summed E-state index contributed by atoms with van der Waals surface area (Å²) in [5.41, 5.74) is 3.23. The highest BCUT2D eigenvalue weighted by atomic mass is 35.5. The topological polar surface area (TPSA) is 113 Å². The van der Waals surface area contributed by atoms with Gasteiger partial charge in [-0.05, 0) is 49.2 Å². The van der Waals surface area contributed by atoms with Crippen molar-refractivity contribution in [3.63, 3.8) is 0 Å². The number of carbonyl (C=O) groups is 1. The van der Waals surface area contributed by atoms with E-state index in [1.54, 1.807) is 56.6 Å². The number of nitrogens with zero attached hydrogens (tertiary/aromatic N) is 7. The van der Waals surface area contributed by atoms with Gasteiger partial charge in [0, 0.05) is 52.5 Å². The van der Waals surface area contributed by atoms with Crippen LogP contribution in [-0.4, -0.2) is 40.2 Å². The van der Waals surface area contributed by atoms with Crippen molar-refractivity contribution in [1.82, 2.24) is 34.3 Å². The zero-order valence-corrected chi connectivity index (χ0v) is 25.1. The van der Waals surface area contributed by atoms with Crippen LogP contribution in [0.3, 0.4) is 0 Å². The Bertz CT molecular complexity index is 1940. The lowest BCUT2D eigenvalue weighted by Gasteiger charge is -2.22. The largest absolute Gasteiger partial charge is 0.333 e. The number of hydrogen-bond donors (Lipinski definition) is 1. The second-order valence-corrected chi connectivity index (χ2v) is 11.5. The van der Waals surface area contributed by atoms with E-state index < -0.39 is 18.4 Å². The number of pyridine rings is 2. The van der Waals surface area contributed by atoms with Gasteiger partial charge in [0.15, 0.2) is 5.15 Å². The van der Waals surface area contributed by atoms with Gasteiger partial charge in [0.2, 0.25) is 5.91 Å². The van der Waals surface area contributed by atoms with Crippen LogP contribution in [0.5, 0.6) is 0 Å². The molecule has 44 heavy (non-hydrogen) atoms. The first-order valence-electron chi connectivity index (χ1n) is 13.8. The van der Waals surface area contributed by atoms with Gasteiger partial charge in [0.25, 0.3) is 5.56 Å². The molecule has 2 atom stereocenters. The first kappa shape index (κ1) is 29.6. The average molecular weight is 639 g/mol. The molecule has 0 radical (unpaired) electrons. The summed E-state index contributed by atoms with van der Waals surface area (Å²) in [6, 6.07) is 12.0. The van der Waals surface area contributed by atoms with Gasteiger partial charge in [-0.25, -0.2) is 9.36 Å². The normalized spacial score (nSPS) is 17.1. The lowest BCUT2D eigenvalue weighted by Crippen LogP contribution is -2.26. The molecule has 4 aromatic heterocycles. The van der Waals surface area contributed by atoms with E-state index in [2.05, 4.69) is 25.7 Å². The summed E-state index contributed by atoms with van der Waals surface area (Å²) in [7, 11) is 1.67. The quantitative estimate of drug-likeness (QED) is 0.241. The Hall–Kier alpha value is -4.42. The zero-order valence-electron chi connectivity index (χ0n) is 23.6. The molecule has 5 aromatic rings. The maximum absolute atomic E-state index is 14.1. The molecule has 10 nitrogen and oxygen atoms in total. The molecule has 2 bridgehead atoms. The minimum Gasteiger partial charge on any atom is -0.323 e. The molecule has 1 aliphatic rings. The van der Waals surface area contributed by atoms with Gasteiger partial charge >= 0.3 is 6.55 Å². The number of anilines is 1. The Labute approximate surface area is 260 Å². The first-order valence-corrected chi connectivity index (χ1v) is 14.6. The van der Waals surface area contributed by atoms with E-state index in [4.69, 9.17) is 23.2 Å². The monoisotopic (exact) mass is 638 g/mol. The van der Waals surface area contributed by atoms with Crippen LogP contribution in [0, 0.1) is 5.92 Å². The number of nitrogens with one attached hydrogen (secondary N) is 1. The van der Waals surface area contributed by atoms with Crippen LogP contribution in [-0.2, 0) is 11.8 Å². The van der Waals surface area contributed by atoms with Crippen molar-refractivity contribution < 1.29 is 13.6 Å². The fraction of sp³-hybridized carbons (Fsp3) is 0.267. The summed E-state index contributed by atoms with van der Waals surface area (Å²) < 4.78 is 31.5. The summed E-state index contributed by atoms with van der Waals surface area (Å²) >= 11 is 12.4. The van der Waals surface area contributed by atoms with Crippen molar-refractivity contribution in [3.8, 4) is 28.2 Å². The second kappa shape index (κ2) is 11.9. The standard InChI is InChI=1S/C30H26Cl2F2N8O2/c1-16-4-3-5-19(22-12-17(10-11-35-22)27-23(37-28(16)43)14-36-42(27)30(33)34)20-7-9-24(40(2)29(20)44)21-13-18(31)6-8-25(21)41-15-26(32)38-39-41/h6-16,19,30H,3-5H2,1-2H3,(H,37,43)/t16-,19-/m0/s1. The van der Waals surface area contributed by atoms with Gasteiger partial charge in [0.1, 0.15) is 0 Å². The Morgan fingerprint density at radius 2 is 1.89 bits per heavy atom. The van der Waals surface area contributed by atoms with Crippen LogP contribution in [0.4, 0.5) is 14.5 Å². The van der Waals surface area contributed by atoms with Gasteiger partial charge in [-0.15, -0.1) is 5.10 Å². The number of hydrogen-bond acceptors (Lipinski definition) is 6. The third-order valence-electron chi connectivity index (χ3n) is 7.88. The number of aromatic nitrogens is 7. The van der Waals surface area contributed by atoms with Crippen molar-refractivity contribution in [1.29, 1.82) is 0 Å².